The maximum atomic E-state index is 12.6. The number of thiophene rings is 1. The van der Waals surface area contributed by atoms with Crippen LogP contribution in [0, 0.1) is 0 Å². The standard InChI is InChI=1S/C25H24ClN5OS3/c1-2-11-31-23(19-14-33-21-10-6-4-8-18(19)21)29-30-25(31)34-15-22(32)28-24-27-13-17(35-24)12-16-7-3-5-9-20(16)26/h2-3,5,7,9,13-14H,1,4,6,8,10-12,15H2,(H,27,28,32). The summed E-state index contributed by atoms with van der Waals surface area (Å²) in [5, 5.41) is 16.0. The fraction of sp³-hybridized carbons (Fsp3) is 0.280. The fourth-order valence-corrected chi connectivity index (χ4v) is 7.06. The van der Waals surface area contributed by atoms with Crippen LogP contribution in [-0.4, -0.2) is 31.4 Å². The highest BCUT2D eigenvalue weighted by atomic mass is 35.5. The molecule has 0 saturated heterocycles. The van der Waals surface area contributed by atoms with Gasteiger partial charge in [-0.1, -0.05) is 47.6 Å². The van der Waals surface area contributed by atoms with Crippen LogP contribution in [0.15, 0.2) is 53.7 Å². The lowest BCUT2D eigenvalue weighted by atomic mass is 9.95. The van der Waals surface area contributed by atoms with Gasteiger partial charge in [0, 0.05) is 44.9 Å². The van der Waals surface area contributed by atoms with E-state index in [9.17, 15) is 4.79 Å². The number of carbonyl (C=O) groups excluding carboxylic acids is 1. The number of anilines is 1. The molecule has 1 aliphatic rings. The minimum Gasteiger partial charge on any atom is -0.301 e. The molecule has 0 fully saturated rings. The van der Waals surface area contributed by atoms with Gasteiger partial charge in [-0.25, -0.2) is 4.98 Å². The number of thiazole rings is 1. The van der Waals surface area contributed by atoms with Crippen molar-refractivity contribution in [2.24, 2.45) is 0 Å². The molecule has 1 amide bonds. The van der Waals surface area contributed by atoms with E-state index in [1.54, 1.807) is 6.20 Å². The predicted molar refractivity (Wildman–Crippen MR) is 146 cm³/mol. The number of allylic oxidation sites excluding steroid dienone is 1. The van der Waals surface area contributed by atoms with Crippen LogP contribution in [0.4, 0.5) is 5.13 Å². The maximum absolute atomic E-state index is 12.6. The van der Waals surface area contributed by atoms with Crippen LogP contribution in [0.1, 0.15) is 33.7 Å². The average molecular weight is 542 g/mol. The molecule has 5 rings (SSSR count). The number of amides is 1. The number of nitrogens with one attached hydrogen (secondary N) is 1. The van der Waals surface area contributed by atoms with Gasteiger partial charge in [0.05, 0.1) is 5.75 Å². The molecule has 1 aromatic carbocycles. The molecule has 0 unspecified atom stereocenters. The first-order chi connectivity index (χ1) is 17.1. The summed E-state index contributed by atoms with van der Waals surface area (Å²) in [6.07, 6.45) is 9.01. The third-order valence-electron chi connectivity index (χ3n) is 5.79. The molecule has 4 aromatic rings. The van der Waals surface area contributed by atoms with Crippen LogP contribution < -0.4 is 5.32 Å². The summed E-state index contributed by atoms with van der Waals surface area (Å²) in [6.45, 7) is 4.49. The van der Waals surface area contributed by atoms with Crippen LogP contribution >= 0.6 is 46.0 Å². The molecule has 180 valence electrons. The summed E-state index contributed by atoms with van der Waals surface area (Å²) in [7, 11) is 0. The van der Waals surface area contributed by atoms with E-state index >= 15 is 0 Å². The second kappa shape index (κ2) is 11.1. The third kappa shape index (κ3) is 5.53. The number of carbonyl (C=O) groups is 1. The monoisotopic (exact) mass is 541 g/mol. The Morgan fingerprint density at radius 2 is 2.11 bits per heavy atom. The summed E-state index contributed by atoms with van der Waals surface area (Å²) in [4.78, 5) is 19.5. The van der Waals surface area contributed by atoms with Gasteiger partial charge in [0.2, 0.25) is 5.91 Å². The zero-order valence-corrected chi connectivity index (χ0v) is 22.2. The number of halogens is 1. The highest BCUT2D eigenvalue weighted by Gasteiger charge is 2.22. The summed E-state index contributed by atoms with van der Waals surface area (Å²) in [5.74, 6) is 0.948. The van der Waals surface area contributed by atoms with E-state index in [2.05, 4.69) is 32.5 Å². The van der Waals surface area contributed by atoms with Crippen molar-refractivity contribution in [2.75, 3.05) is 11.1 Å². The first kappa shape index (κ1) is 24.2. The van der Waals surface area contributed by atoms with Gasteiger partial charge < -0.3 is 5.32 Å². The third-order valence-corrected chi connectivity index (χ3v) is 9.12. The first-order valence-corrected chi connectivity index (χ1v) is 14.4. The van der Waals surface area contributed by atoms with Crippen molar-refractivity contribution in [3.8, 4) is 11.4 Å². The fourth-order valence-electron chi connectivity index (χ4n) is 4.13. The Kier molecular flexibility index (Phi) is 7.67. The normalized spacial score (nSPS) is 12.9. The predicted octanol–water partition coefficient (Wildman–Crippen LogP) is 6.50. The Morgan fingerprint density at radius 1 is 1.26 bits per heavy atom. The van der Waals surface area contributed by atoms with Gasteiger partial charge >= 0.3 is 0 Å². The van der Waals surface area contributed by atoms with Crippen molar-refractivity contribution in [3.63, 3.8) is 0 Å². The van der Waals surface area contributed by atoms with E-state index in [-0.39, 0.29) is 11.7 Å². The lowest BCUT2D eigenvalue weighted by Crippen LogP contribution is -2.14. The molecule has 35 heavy (non-hydrogen) atoms. The summed E-state index contributed by atoms with van der Waals surface area (Å²) < 4.78 is 2.05. The van der Waals surface area contributed by atoms with E-state index in [0.717, 1.165) is 34.1 Å². The molecule has 0 spiro atoms. The lowest BCUT2D eigenvalue weighted by Gasteiger charge is -2.13. The van der Waals surface area contributed by atoms with Crippen molar-refractivity contribution in [2.45, 2.75) is 43.8 Å². The topological polar surface area (TPSA) is 72.7 Å². The molecule has 3 heterocycles. The molecule has 1 aliphatic carbocycles. The van der Waals surface area contributed by atoms with Crippen molar-refractivity contribution >= 4 is 57.1 Å². The number of aromatic nitrogens is 4. The number of thioether (sulfide) groups is 1. The van der Waals surface area contributed by atoms with Crippen molar-refractivity contribution in [3.05, 3.63) is 74.4 Å². The van der Waals surface area contributed by atoms with Crippen molar-refractivity contribution < 1.29 is 4.79 Å². The van der Waals surface area contributed by atoms with Gasteiger partial charge in [0.25, 0.3) is 0 Å². The smallest absolute Gasteiger partial charge is 0.236 e. The Labute approximate surface area is 221 Å². The molecule has 3 aromatic heterocycles. The molecule has 0 bridgehead atoms. The van der Waals surface area contributed by atoms with Gasteiger partial charge in [-0.15, -0.1) is 39.4 Å². The second-order valence-corrected chi connectivity index (χ2v) is 11.6. The highest BCUT2D eigenvalue weighted by Crippen LogP contribution is 2.37. The van der Waals surface area contributed by atoms with E-state index in [1.165, 1.54) is 51.9 Å². The summed E-state index contributed by atoms with van der Waals surface area (Å²) in [6, 6.07) is 7.75. The minimum absolute atomic E-state index is 0.128. The minimum atomic E-state index is -0.128. The molecule has 1 N–H and O–H groups in total. The first-order valence-electron chi connectivity index (χ1n) is 11.4. The van der Waals surface area contributed by atoms with E-state index in [1.807, 2.05) is 46.2 Å². The molecule has 0 saturated carbocycles. The number of hydrogen-bond acceptors (Lipinski definition) is 7. The van der Waals surface area contributed by atoms with Gasteiger partial charge in [0.1, 0.15) is 0 Å². The Hall–Kier alpha value is -2.46. The van der Waals surface area contributed by atoms with E-state index < -0.39 is 0 Å². The molecular formula is C25H24ClN5OS3. The van der Waals surface area contributed by atoms with Gasteiger partial charge in [-0.05, 0) is 42.9 Å². The zero-order chi connectivity index (χ0) is 24.2. The SMILES string of the molecule is C=CCn1c(SCC(=O)Nc2ncc(Cc3ccccc3Cl)s2)nnc1-c1csc2c1CCCC2. The number of fused-ring (bicyclic) bond motifs is 1. The lowest BCUT2D eigenvalue weighted by molar-refractivity contribution is -0.113. The Bertz CT molecular complexity index is 1360. The zero-order valence-electron chi connectivity index (χ0n) is 19.0. The number of rotatable bonds is 9. The molecule has 0 aliphatic heterocycles. The number of benzene rings is 1. The average Bonchev–Trinajstić information content (AvgIpc) is 3.58. The molecular weight excluding hydrogens is 518 g/mol. The van der Waals surface area contributed by atoms with Crippen molar-refractivity contribution in [1.29, 1.82) is 0 Å². The molecule has 6 nitrogen and oxygen atoms in total. The maximum Gasteiger partial charge on any atom is 0.236 e. The van der Waals surface area contributed by atoms with Gasteiger partial charge in [-0.2, -0.15) is 0 Å². The number of nitrogens with zero attached hydrogens (tertiary/aromatic N) is 4. The van der Waals surface area contributed by atoms with E-state index in [4.69, 9.17) is 11.6 Å². The summed E-state index contributed by atoms with van der Waals surface area (Å²) >= 11 is 10.9. The van der Waals surface area contributed by atoms with Crippen LogP contribution in [0.2, 0.25) is 5.02 Å². The molecule has 0 radical (unpaired) electrons. The largest absolute Gasteiger partial charge is 0.301 e. The van der Waals surface area contributed by atoms with Crippen molar-refractivity contribution in [1.82, 2.24) is 19.7 Å². The van der Waals surface area contributed by atoms with E-state index in [0.29, 0.717) is 23.3 Å². The molecule has 0 atom stereocenters. The highest BCUT2D eigenvalue weighted by molar-refractivity contribution is 7.99. The van der Waals surface area contributed by atoms with Gasteiger partial charge in [-0.3, -0.25) is 9.36 Å². The molecule has 10 heteroatoms. The Morgan fingerprint density at radius 3 is 2.97 bits per heavy atom. The number of hydrogen-bond donors (Lipinski definition) is 1. The Balaban J connectivity index is 1.23. The van der Waals surface area contributed by atoms with Crippen LogP contribution in [-0.2, 0) is 30.6 Å². The van der Waals surface area contributed by atoms with Crippen LogP contribution in [0.25, 0.3) is 11.4 Å². The summed E-state index contributed by atoms with van der Waals surface area (Å²) in [5.41, 5.74) is 3.62. The van der Waals surface area contributed by atoms with Crippen LogP contribution in [0.5, 0.6) is 0 Å². The van der Waals surface area contributed by atoms with Crippen LogP contribution in [0.3, 0.4) is 0 Å². The number of aryl methyl sites for hydroxylation is 1. The van der Waals surface area contributed by atoms with Gasteiger partial charge in [0.15, 0.2) is 16.1 Å². The second-order valence-electron chi connectivity index (χ2n) is 8.20. The quantitative estimate of drug-likeness (QED) is 0.193.